The molecule has 0 saturated carbocycles. The predicted molar refractivity (Wildman–Crippen MR) is 96.5 cm³/mol. The average Bonchev–Trinajstić information content (AvgIpc) is 2.67. The maximum absolute atomic E-state index is 12.6. The molecule has 1 aliphatic carbocycles. The number of aliphatic carboxylic acids is 1. The van der Waals surface area contributed by atoms with Crippen LogP contribution in [0.1, 0.15) is 12.8 Å². The van der Waals surface area contributed by atoms with Gasteiger partial charge < -0.3 is 10.2 Å². The van der Waals surface area contributed by atoms with Gasteiger partial charge in [0, 0.05) is 22.4 Å². The van der Waals surface area contributed by atoms with Crippen LogP contribution in [-0.4, -0.2) is 30.4 Å². The van der Waals surface area contributed by atoms with E-state index in [-0.39, 0.29) is 17.1 Å². The lowest BCUT2D eigenvalue weighted by Gasteiger charge is -2.17. The first-order valence-electron chi connectivity index (χ1n) is 7.34. The number of halogens is 2. The van der Waals surface area contributed by atoms with E-state index < -0.39 is 27.5 Å². The number of phenolic OH excluding ortho intramolecular Hbond substituents is 1. The van der Waals surface area contributed by atoms with Gasteiger partial charge >= 0.3 is 5.97 Å². The fourth-order valence-corrected chi connectivity index (χ4v) is 4.56. The Morgan fingerprint density at radius 1 is 1.16 bits per heavy atom. The van der Waals surface area contributed by atoms with Gasteiger partial charge in [-0.1, -0.05) is 29.3 Å². The summed E-state index contributed by atoms with van der Waals surface area (Å²) in [5.74, 6) is -2.34. The molecule has 1 unspecified atom stereocenters. The summed E-state index contributed by atoms with van der Waals surface area (Å²) in [5, 5.41) is 19.2. The first-order valence-corrected chi connectivity index (χ1v) is 9.75. The standard InChI is InChI=1S/C17H16Cl2O5S/c18-13-2-1-11(7-14(19)9-13)12(8-17(21)22)10-25(23,24)16-5-3-15(20)4-6-16/h1,3-7,9,12,20H,2,8,10H2,(H,21,22). The molecular weight excluding hydrogens is 387 g/mol. The summed E-state index contributed by atoms with van der Waals surface area (Å²) in [6, 6.07) is 5.10. The lowest BCUT2D eigenvalue weighted by atomic mass is 9.96. The van der Waals surface area contributed by atoms with Crippen LogP contribution < -0.4 is 0 Å². The van der Waals surface area contributed by atoms with Gasteiger partial charge in [-0.15, -0.1) is 0 Å². The summed E-state index contributed by atoms with van der Waals surface area (Å²) >= 11 is 12.0. The van der Waals surface area contributed by atoms with Gasteiger partial charge in [0.05, 0.1) is 17.1 Å². The second-order valence-electron chi connectivity index (χ2n) is 5.60. The fraction of sp³-hybridized carbons (Fsp3) is 0.235. The van der Waals surface area contributed by atoms with Crippen molar-refractivity contribution in [3.63, 3.8) is 0 Å². The Labute approximate surface area is 155 Å². The van der Waals surface area contributed by atoms with Crippen LogP contribution >= 0.6 is 23.2 Å². The van der Waals surface area contributed by atoms with Crippen molar-refractivity contribution in [3.05, 3.63) is 58.1 Å². The molecule has 8 heteroatoms. The quantitative estimate of drug-likeness (QED) is 0.753. The van der Waals surface area contributed by atoms with Gasteiger partial charge in [0.25, 0.3) is 0 Å². The third-order valence-corrected chi connectivity index (χ3v) is 5.95. The molecule has 0 amide bonds. The number of carbonyl (C=O) groups is 1. The number of phenols is 1. The van der Waals surface area contributed by atoms with Crippen LogP contribution in [0.3, 0.4) is 0 Å². The third kappa shape index (κ3) is 5.63. The van der Waals surface area contributed by atoms with Crippen LogP contribution in [0.5, 0.6) is 5.75 Å². The SMILES string of the molecule is O=C(O)CC(CS(=O)(=O)c1ccc(O)cc1)C1=CCC(Cl)=CC(Cl)=C1. The zero-order chi connectivity index (χ0) is 18.6. The fourth-order valence-electron chi connectivity index (χ4n) is 2.47. The first kappa shape index (κ1) is 19.6. The van der Waals surface area contributed by atoms with Crippen molar-refractivity contribution in [1.82, 2.24) is 0 Å². The Hall–Kier alpha value is -1.76. The molecule has 0 bridgehead atoms. The maximum Gasteiger partial charge on any atom is 0.303 e. The van der Waals surface area contributed by atoms with E-state index in [1.54, 1.807) is 12.2 Å². The number of hydrogen-bond donors (Lipinski definition) is 2. The highest BCUT2D eigenvalue weighted by Crippen LogP contribution is 2.29. The minimum Gasteiger partial charge on any atom is -0.508 e. The Morgan fingerprint density at radius 2 is 1.80 bits per heavy atom. The van der Waals surface area contributed by atoms with Crippen molar-refractivity contribution in [2.45, 2.75) is 17.7 Å². The van der Waals surface area contributed by atoms with E-state index in [4.69, 9.17) is 28.3 Å². The molecule has 0 spiro atoms. The molecule has 0 aromatic heterocycles. The highest BCUT2D eigenvalue weighted by Gasteiger charge is 2.26. The largest absolute Gasteiger partial charge is 0.508 e. The second kappa shape index (κ2) is 8.08. The molecule has 1 atom stereocenters. The molecule has 0 aliphatic heterocycles. The molecule has 1 aromatic carbocycles. The summed E-state index contributed by atoms with van der Waals surface area (Å²) in [7, 11) is -3.75. The van der Waals surface area contributed by atoms with Gasteiger partial charge in [0.15, 0.2) is 9.84 Å². The van der Waals surface area contributed by atoms with E-state index in [0.717, 1.165) is 0 Å². The van der Waals surface area contributed by atoms with Crippen LogP contribution in [0.4, 0.5) is 0 Å². The molecule has 1 aromatic rings. The number of carboxylic acids is 1. The number of rotatable bonds is 6. The summed E-state index contributed by atoms with van der Waals surface area (Å²) in [5.41, 5.74) is 0.515. The second-order valence-corrected chi connectivity index (χ2v) is 8.55. The van der Waals surface area contributed by atoms with Gasteiger partial charge in [0.2, 0.25) is 0 Å². The number of sulfone groups is 1. The first-order chi connectivity index (χ1) is 11.7. The number of benzene rings is 1. The number of carboxylic acid groups (broad SMARTS) is 1. The van der Waals surface area contributed by atoms with E-state index >= 15 is 0 Å². The molecule has 0 radical (unpaired) electrons. The lowest BCUT2D eigenvalue weighted by molar-refractivity contribution is -0.137. The zero-order valence-electron chi connectivity index (χ0n) is 13.0. The monoisotopic (exact) mass is 402 g/mol. The molecule has 2 rings (SSSR count). The van der Waals surface area contributed by atoms with Crippen molar-refractivity contribution in [2.24, 2.45) is 5.92 Å². The number of hydrogen-bond acceptors (Lipinski definition) is 4. The summed E-state index contributed by atoms with van der Waals surface area (Å²) < 4.78 is 25.2. The number of aromatic hydroxyl groups is 1. The van der Waals surface area contributed by atoms with E-state index in [1.165, 1.54) is 30.3 Å². The maximum atomic E-state index is 12.6. The zero-order valence-corrected chi connectivity index (χ0v) is 15.4. The van der Waals surface area contributed by atoms with E-state index in [0.29, 0.717) is 22.1 Å². The summed E-state index contributed by atoms with van der Waals surface area (Å²) in [6.45, 7) is 0. The molecule has 0 fully saturated rings. The van der Waals surface area contributed by atoms with Crippen molar-refractivity contribution in [2.75, 3.05) is 5.75 Å². The Morgan fingerprint density at radius 3 is 2.40 bits per heavy atom. The predicted octanol–water partition coefficient (Wildman–Crippen LogP) is 3.83. The minimum absolute atomic E-state index is 0.0149. The van der Waals surface area contributed by atoms with Crippen LogP contribution in [0.25, 0.3) is 0 Å². The van der Waals surface area contributed by atoms with Gasteiger partial charge in [-0.05, 0) is 42.0 Å². The van der Waals surface area contributed by atoms with Gasteiger partial charge in [-0.2, -0.15) is 0 Å². The van der Waals surface area contributed by atoms with Gasteiger partial charge in [-0.25, -0.2) is 8.42 Å². The highest BCUT2D eigenvalue weighted by atomic mass is 35.5. The topological polar surface area (TPSA) is 91.7 Å². The Bertz CT molecular complexity index is 852. The lowest BCUT2D eigenvalue weighted by Crippen LogP contribution is -2.21. The van der Waals surface area contributed by atoms with Crippen LogP contribution in [0.2, 0.25) is 0 Å². The molecular formula is C17H16Cl2O5S. The van der Waals surface area contributed by atoms with Crippen LogP contribution in [0, 0.1) is 5.92 Å². The van der Waals surface area contributed by atoms with Crippen LogP contribution in [-0.2, 0) is 14.6 Å². The van der Waals surface area contributed by atoms with Crippen molar-refractivity contribution in [1.29, 1.82) is 0 Å². The minimum atomic E-state index is -3.75. The van der Waals surface area contributed by atoms with E-state index in [1.807, 2.05) is 0 Å². The molecule has 0 saturated heterocycles. The van der Waals surface area contributed by atoms with E-state index in [2.05, 4.69) is 0 Å². The highest BCUT2D eigenvalue weighted by molar-refractivity contribution is 7.91. The molecule has 1 aliphatic rings. The van der Waals surface area contributed by atoms with Crippen LogP contribution in [0.15, 0.2) is 63.0 Å². The average molecular weight is 403 g/mol. The summed E-state index contributed by atoms with van der Waals surface area (Å²) in [6.07, 6.45) is 4.75. The third-order valence-electron chi connectivity index (χ3n) is 3.64. The molecule has 134 valence electrons. The smallest absolute Gasteiger partial charge is 0.303 e. The molecule has 0 heterocycles. The van der Waals surface area contributed by atoms with Crippen molar-refractivity contribution >= 4 is 39.0 Å². The summed E-state index contributed by atoms with van der Waals surface area (Å²) in [4.78, 5) is 11.2. The Kier molecular flexibility index (Phi) is 6.32. The normalized spacial score (nSPS) is 16.3. The van der Waals surface area contributed by atoms with E-state index in [9.17, 15) is 18.3 Å². The number of allylic oxidation sites excluding steroid dienone is 6. The molecule has 25 heavy (non-hydrogen) atoms. The van der Waals surface area contributed by atoms with Crippen molar-refractivity contribution < 1.29 is 23.4 Å². The van der Waals surface area contributed by atoms with Gasteiger partial charge in [-0.3, -0.25) is 4.79 Å². The van der Waals surface area contributed by atoms with Gasteiger partial charge in [0.1, 0.15) is 5.75 Å². The van der Waals surface area contributed by atoms with Crippen molar-refractivity contribution in [3.8, 4) is 5.75 Å². The molecule has 5 nitrogen and oxygen atoms in total. The molecule has 2 N–H and O–H groups in total. The Balaban J connectivity index is 2.34.